The van der Waals surface area contributed by atoms with E-state index in [9.17, 15) is 0 Å². The Bertz CT molecular complexity index is 3660. The van der Waals surface area contributed by atoms with Gasteiger partial charge in [0.1, 0.15) is 0 Å². The third-order valence-electron chi connectivity index (χ3n) is 12.8. The van der Waals surface area contributed by atoms with E-state index in [1.165, 1.54) is 121 Å². The summed E-state index contributed by atoms with van der Waals surface area (Å²) in [7, 11) is 0. The smallest absolute Gasteiger partial charge is 0.00201 e. The molecule has 0 N–H and O–H groups in total. The lowest BCUT2D eigenvalue weighted by atomic mass is 9.82. The van der Waals surface area contributed by atoms with Crippen molar-refractivity contribution in [2.24, 2.45) is 0 Å². The van der Waals surface area contributed by atoms with E-state index >= 15 is 0 Å². The summed E-state index contributed by atoms with van der Waals surface area (Å²) in [4.78, 5) is 0. The minimum Gasteiger partial charge on any atom is -0.0622 e. The Morgan fingerprint density at radius 3 is 1.18 bits per heavy atom. The average molecular weight is 785 g/mol. The molecule has 0 atom stereocenters. The molecule has 0 saturated carbocycles. The highest BCUT2D eigenvalue weighted by atomic mass is 14.2. The molecule has 0 aromatic heterocycles. The molecule has 0 bridgehead atoms. The molecule has 0 aliphatic carbocycles. The van der Waals surface area contributed by atoms with E-state index in [-0.39, 0.29) is 0 Å². The molecule has 62 heavy (non-hydrogen) atoms. The van der Waals surface area contributed by atoms with Gasteiger partial charge in [-0.1, -0.05) is 206 Å². The maximum Gasteiger partial charge on any atom is -0.00201 e. The summed E-state index contributed by atoms with van der Waals surface area (Å²) in [6.45, 7) is 0. The van der Waals surface area contributed by atoms with Crippen LogP contribution in [0.15, 0.2) is 243 Å². The first-order chi connectivity index (χ1) is 30.7. The van der Waals surface area contributed by atoms with Crippen molar-refractivity contribution in [3.05, 3.63) is 243 Å². The zero-order valence-electron chi connectivity index (χ0n) is 34.1. The fraction of sp³-hybridized carbons (Fsp3) is 0. The maximum absolute atomic E-state index is 2.45. The number of benzene rings is 12. The van der Waals surface area contributed by atoms with E-state index in [0.29, 0.717) is 0 Å². The molecule has 0 spiro atoms. The zero-order valence-corrected chi connectivity index (χ0v) is 34.1. The van der Waals surface area contributed by atoms with E-state index in [2.05, 4.69) is 243 Å². The molecule has 0 saturated heterocycles. The van der Waals surface area contributed by atoms with Crippen LogP contribution in [0.1, 0.15) is 0 Å². The first kappa shape index (κ1) is 35.8. The molecule has 0 heterocycles. The van der Waals surface area contributed by atoms with Crippen LogP contribution >= 0.6 is 0 Å². The van der Waals surface area contributed by atoms with Crippen molar-refractivity contribution in [3.63, 3.8) is 0 Å². The van der Waals surface area contributed by atoms with Crippen LogP contribution < -0.4 is 0 Å². The standard InChI is InChI=1S/C62H40/c1-4-17-41(18-5-1)56-36-45-23-10-11-24-46(45)37-58(56)50-32-34-55-54-33-31-47(38-59(54)61(42-19-6-2-7-20-42)62(60(55)40-50)43-21-8-3-9-22-43)44-26-16-27-48(35-44)57-39-49-25-12-13-28-51(49)52-29-14-15-30-53(52)57/h1-40H. The minimum atomic E-state index is 1.19. The van der Waals surface area contributed by atoms with Gasteiger partial charge in [-0.05, 0) is 157 Å². The average Bonchev–Trinajstić information content (AvgIpc) is 3.35. The Labute approximate surface area is 361 Å². The van der Waals surface area contributed by atoms with Gasteiger partial charge in [0, 0.05) is 0 Å². The van der Waals surface area contributed by atoms with Crippen molar-refractivity contribution in [2.75, 3.05) is 0 Å². The van der Waals surface area contributed by atoms with Crippen LogP contribution in [0.5, 0.6) is 0 Å². The molecule has 0 radical (unpaired) electrons. The summed E-state index contributed by atoms with van der Waals surface area (Å²) in [5.41, 5.74) is 14.6. The summed E-state index contributed by atoms with van der Waals surface area (Å²) in [6, 6.07) is 89.5. The topological polar surface area (TPSA) is 0 Å². The quantitative estimate of drug-likeness (QED) is 0.147. The first-order valence-corrected chi connectivity index (χ1v) is 21.5. The van der Waals surface area contributed by atoms with Crippen molar-refractivity contribution >= 4 is 53.9 Å². The van der Waals surface area contributed by atoms with Gasteiger partial charge in [-0.2, -0.15) is 0 Å². The van der Waals surface area contributed by atoms with E-state index in [1.807, 2.05) is 0 Å². The predicted molar refractivity (Wildman–Crippen MR) is 267 cm³/mol. The molecule has 0 heteroatoms. The minimum absolute atomic E-state index is 1.19. The second-order valence-electron chi connectivity index (χ2n) is 16.4. The van der Waals surface area contributed by atoms with Crippen LogP contribution in [0.25, 0.3) is 121 Å². The van der Waals surface area contributed by atoms with E-state index < -0.39 is 0 Å². The summed E-state index contributed by atoms with van der Waals surface area (Å²) in [5, 5.41) is 12.5. The van der Waals surface area contributed by atoms with Gasteiger partial charge in [0.15, 0.2) is 0 Å². The Morgan fingerprint density at radius 1 is 0.161 bits per heavy atom. The predicted octanol–water partition coefficient (Wildman–Crippen LogP) is 17.5. The van der Waals surface area contributed by atoms with E-state index in [0.717, 1.165) is 0 Å². The molecular weight excluding hydrogens is 745 g/mol. The van der Waals surface area contributed by atoms with Crippen molar-refractivity contribution in [3.8, 4) is 66.8 Å². The largest absolute Gasteiger partial charge is 0.0622 e. The van der Waals surface area contributed by atoms with Gasteiger partial charge < -0.3 is 0 Å². The lowest BCUT2D eigenvalue weighted by Gasteiger charge is -2.21. The number of fused-ring (bicyclic) bond motifs is 7. The van der Waals surface area contributed by atoms with Crippen molar-refractivity contribution in [2.45, 2.75) is 0 Å². The second kappa shape index (κ2) is 14.9. The number of hydrogen-bond donors (Lipinski definition) is 0. The summed E-state index contributed by atoms with van der Waals surface area (Å²) < 4.78 is 0. The molecule has 12 aromatic rings. The summed E-state index contributed by atoms with van der Waals surface area (Å²) in [5.74, 6) is 0. The lowest BCUT2D eigenvalue weighted by molar-refractivity contribution is 1.60. The molecule has 0 nitrogen and oxygen atoms in total. The molecule has 0 aliphatic rings. The highest BCUT2D eigenvalue weighted by Crippen LogP contribution is 2.48. The first-order valence-electron chi connectivity index (χ1n) is 21.5. The van der Waals surface area contributed by atoms with Gasteiger partial charge in [-0.15, -0.1) is 0 Å². The third-order valence-corrected chi connectivity index (χ3v) is 12.8. The van der Waals surface area contributed by atoms with Gasteiger partial charge in [-0.25, -0.2) is 0 Å². The molecule has 0 fully saturated rings. The lowest BCUT2D eigenvalue weighted by Crippen LogP contribution is -1.94. The highest BCUT2D eigenvalue weighted by molar-refractivity contribution is 6.23. The number of hydrogen-bond acceptors (Lipinski definition) is 0. The van der Waals surface area contributed by atoms with Crippen LogP contribution in [0.2, 0.25) is 0 Å². The Hall–Kier alpha value is -8.06. The monoisotopic (exact) mass is 784 g/mol. The van der Waals surface area contributed by atoms with Crippen LogP contribution in [0.4, 0.5) is 0 Å². The van der Waals surface area contributed by atoms with Gasteiger partial charge in [-0.3, -0.25) is 0 Å². The maximum atomic E-state index is 2.45. The zero-order chi connectivity index (χ0) is 41.0. The van der Waals surface area contributed by atoms with Crippen LogP contribution in [0.3, 0.4) is 0 Å². The normalized spacial score (nSPS) is 11.5. The van der Waals surface area contributed by atoms with Crippen molar-refractivity contribution < 1.29 is 0 Å². The molecule has 288 valence electrons. The van der Waals surface area contributed by atoms with Crippen molar-refractivity contribution in [1.82, 2.24) is 0 Å². The van der Waals surface area contributed by atoms with Gasteiger partial charge >= 0.3 is 0 Å². The van der Waals surface area contributed by atoms with Crippen LogP contribution in [-0.2, 0) is 0 Å². The van der Waals surface area contributed by atoms with E-state index in [1.54, 1.807) is 0 Å². The molecule has 12 aromatic carbocycles. The molecule has 0 unspecified atom stereocenters. The SMILES string of the molecule is c1ccc(-c2cc3ccccc3cc2-c2ccc3c(c2)c(-c2ccccc2)c(-c2ccccc2)c2cc(-c4cccc(-c5cc6ccccc6c6ccccc56)c4)ccc23)cc1. The fourth-order valence-corrected chi connectivity index (χ4v) is 9.89. The Kier molecular flexibility index (Phi) is 8.61. The van der Waals surface area contributed by atoms with Crippen LogP contribution in [-0.4, -0.2) is 0 Å². The molecule has 0 aliphatic heterocycles. The molecular formula is C62H40. The molecule has 0 amide bonds. The Balaban J connectivity index is 1.11. The van der Waals surface area contributed by atoms with Gasteiger partial charge in [0.2, 0.25) is 0 Å². The van der Waals surface area contributed by atoms with Gasteiger partial charge in [0.25, 0.3) is 0 Å². The van der Waals surface area contributed by atoms with E-state index in [4.69, 9.17) is 0 Å². The fourth-order valence-electron chi connectivity index (χ4n) is 9.89. The number of rotatable bonds is 6. The molecule has 12 rings (SSSR count). The second-order valence-corrected chi connectivity index (χ2v) is 16.4. The van der Waals surface area contributed by atoms with Gasteiger partial charge in [0.05, 0.1) is 0 Å². The summed E-state index contributed by atoms with van der Waals surface area (Å²) >= 11 is 0. The third kappa shape index (κ3) is 6.08. The summed E-state index contributed by atoms with van der Waals surface area (Å²) in [6.07, 6.45) is 0. The van der Waals surface area contributed by atoms with Crippen LogP contribution in [0, 0.1) is 0 Å². The highest BCUT2D eigenvalue weighted by Gasteiger charge is 2.20. The van der Waals surface area contributed by atoms with Crippen molar-refractivity contribution in [1.29, 1.82) is 0 Å². The Morgan fingerprint density at radius 2 is 0.548 bits per heavy atom.